The lowest BCUT2D eigenvalue weighted by Crippen LogP contribution is -2.48. The van der Waals surface area contributed by atoms with Crippen molar-refractivity contribution in [2.24, 2.45) is 0 Å². The van der Waals surface area contributed by atoms with E-state index in [-0.39, 0.29) is 17.9 Å². The Balaban J connectivity index is 0.000000506. The first-order valence-corrected chi connectivity index (χ1v) is 7.96. The Bertz CT molecular complexity index is 472. The Hall–Kier alpha value is -2.22. The van der Waals surface area contributed by atoms with Crippen molar-refractivity contribution < 1.29 is 23.9 Å². The number of nitrogens with one attached hydrogen (secondary N) is 2. The maximum Gasteiger partial charge on any atom is 0.254 e. The molecule has 2 unspecified atom stereocenters. The first-order valence-electron chi connectivity index (χ1n) is 7.96. The second kappa shape index (κ2) is 11.3. The molecule has 0 saturated carbocycles. The lowest BCUT2D eigenvalue weighted by atomic mass is 10.2. The molecule has 0 aliphatic carbocycles. The third-order valence-corrected chi connectivity index (χ3v) is 3.19. The molecule has 1 aliphatic heterocycles. The zero-order valence-corrected chi connectivity index (χ0v) is 14.9. The Labute approximate surface area is 142 Å². The molecule has 0 aromatic carbocycles. The van der Waals surface area contributed by atoms with Crippen LogP contribution in [-0.4, -0.2) is 60.9 Å². The van der Waals surface area contributed by atoms with Gasteiger partial charge in [0, 0.05) is 32.4 Å². The first kappa shape index (κ1) is 21.8. The second-order valence-electron chi connectivity index (χ2n) is 5.06. The van der Waals surface area contributed by atoms with Gasteiger partial charge in [-0.25, -0.2) is 0 Å². The van der Waals surface area contributed by atoms with E-state index in [2.05, 4.69) is 10.6 Å². The van der Waals surface area contributed by atoms with E-state index in [9.17, 15) is 19.2 Å². The quantitative estimate of drug-likeness (QED) is 0.634. The number of hydrogen-bond donors (Lipinski definition) is 2. The van der Waals surface area contributed by atoms with Crippen LogP contribution < -0.4 is 10.6 Å². The normalized spacial score (nSPS) is 15.5. The zero-order chi connectivity index (χ0) is 18.7. The molecule has 0 radical (unpaired) electrons. The minimum Gasteiger partial charge on any atom is -0.369 e. The number of nitrogens with zero attached hydrogens (tertiary/aromatic N) is 1. The fourth-order valence-electron chi connectivity index (χ4n) is 1.84. The molecule has 0 aromatic rings. The van der Waals surface area contributed by atoms with Crippen molar-refractivity contribution in [3.63, 3.8) is 0 Å². The number of carbonyl (C=O) groups excluding carboxylic acids is 4. The summed E-state index contributed by atoms with van der Waals surface area (Å²) in [5.41, 5.74) is 0. The highest BCUT2D eigenvalue weighted by molar-refractivity contribution is 6.15. The van der Waals surface area contributed by atoms with Gasteiger partial charge in [-0.15, -0.1) is 0 Å². The Kier molecular flexibility index (Phi) is 10.3. The van der Waals surface area contributed by atoms with Crippen molar-refractivity contribution in [1.29, 1.82) is 0 Å². The van der Waals surface area contributed by atoms with Gasteiger partial charge in [0.1, 0.15) is 12.1 Å². The van der Waals surface area contributed by atoms with E-state index in [0.717, 1.165) is 11.3 Å². The molecule has 8 heteroatoms. The molecule has 0 spiro atoms. The van der Waals surface area contributed by atoms with E-state index >= 15 is 0 Å². The van der Waals surface area contributed by atoms with Gasteiger partial charge in [-0.3, -0.25) is 24.1 Å². The number of rotatable bonds is 7. The Morgan fingerprint density at radius 3 is 2.08 bits per heavy atom. The van der Waals surface area contributed by atoms with Gasteiger partial charge in [0.2, 0.25) is 11.8 Å². The Morgan fingerprint density at radius 1 is 1.12 bits per heavy atom. The van der Waals surface area contributed by atoms with Gasteiger partial charge >= 0.3 is 0 Å². The van der Waals surface area contributed by atoms with Gasteiger partial charge in [-0.2, -0.15) is 0 Å². The molecule has 2 N–H and O–H groups in total. The van der Waals surface area contributed by atoms with Gasteiger partial charge < -0.3 is 15.4 Å². The number of ether oxygens (including phenoxy) is 1. The number of amides is 4. The van der Waals surface area contributed by atoms with Crippen LogP contribution in [-0.2, 0) is 23.9 Å². The monoisotopic (exact) mass is 341 g/mol. The molecule has 1 aliphatic rings. The molecule has 0 aromatic heterocycles. The summed E-state index contributed by atoms with van der Waals surface area (Å²) in [6.07, 6.45) is 2.84. The summed E-state index contributed by atoms with van der Waals surface area (Å²) in [7, 11) is 1.60. The van der Waals surface area contributed by atoms with E-state index in [1.807, 2.05) is 13.8 Å². The summed E-state index contributed by atoms with van der Waals surface area (Å²) in [6, 6.07) is -0.744. The van der Waals surface area contributed by atoms with Gasteiger partial charge in [0.15, 0.2) is 0 Å². The van der Waals surface area contributed by atoms with Gasteiger partial charge in [-0.1, -0.05) is 6.92 Å². The zero-order valence-electron chi connectivity index (χ0n) is 14.9. The lowest BCUT2D eigenvalue weighted by molar-refractivity contribution is -0.144. The summed E-state index contributed by atoms with van der Waals surface area (Å²) in [5, 5.41) is 5.12. The maximum absolute atomic E-state index is 11.5. The van der Waals surface area contributed by atoms with Crippen LogP contribution in [0.2, 0.25) is 0 Å². The highest BCUT2D eigenvalue weighted by atomic mass is 16.5. The molecule has 1 heterocycles. The van der Waals surface area contributed by atoms with Gasteiger partial charge in [0.25, 0.3) is 11.8 Å². The average Bonchev–Trinajstić information content (AvgIpc) is 2.90. The van der Waals surface area contributed by atoms with E-state index in [1.54, 1.807) is 14.0 Å². The summed E-state index contributed by atoms with van der Waals surface area (Å²) < 4.78 is 4.98. The van der Waals surface area contributed by atoms with Gasteiger partial charge in [0.05, 0.1) is 0 Å². The molecular weight excluding hydrogens is 314 g/mol. The predicted octanol–water partition coefficient (Wildman–Crippen LogP) is -0.0165. The third kappa shape index (κ3) is 6.91. The number of hydrogen-bond acceptors (Lipinski definition) is 5. The average molecular weight is 341 g/mol. The van der Waals surface area contributed by atoms with Crippen LogP contribution in [0.4, 0.5) is 0 Å². The lowest BCUT2D eigenvalue weighted by Gasteiger charge is -2.21. The molecule has 4 amide bonds. The highest BCUT2D eigenvalue weighted by Crippen LogP contribution is 2.08. The first-order chi connectivity index (χ1) is 11.3. The van der Waals surface area contributed by atoms with Crippen molar-refractivity contribution >= 4 is 23.6 Å². The maximum atomic E-state index is 11.5. The Morgan fingerprint density at radius 2 is 1.67 bits per heavy atom. The molecule has 0 saturated heterocycles. The smallest absolute Gasteiger partial charge is 0.254 e. The second-order valence-corrected chi connectivity index (χ2v) is 5.06. The minimum atomic E-state index is -0.744. The van der Waals surface area contributed by atoms with Crippen LogP contribution in [0.25, 0.3) is 0 Å². The van der Waals surface area contributed by atoms with Crippen molar-refractivity contribution in [3.8, 4) is 0 Å². The highest BCUT2D eigenvalue weighted by Gasteiger charge is 2.32. The summed E-state index contributed by atoms with van der Waals surface area (Å²) in [5.74, 6) is -1.24. The standard InChI is InChI=1S/C10H14N2O3.C6H13NO2/c1-3-6-11-10(15)7(2)12-8(13)4-5-9(12)14;1-4-9-5(2)6(8)7-3/h4-5,7H,3,6H2,1-2H3,(H,11,15);5H,4H2,1-3H3,(H,7,8). The van der Waals surface area contributed by atoms with Crippen molar-refractivity contribution in [2.75, 3.05) is 20.2 Å². The molecule has 24 heavy (non-hydrogen) atoms. The summed E-state index contributed by atoms with van der Waals surface area (Å²) >= 11 is 0. The van der Waals surface area contributed by atoms with Crippen molar-refractivity contribution in [3.05, 3.63) is 12.2 Å². The van der Waals surface area contributed by atoms with Crippen LogP contribution in [0.1, 0.15) is 34.1 Å². The molecule has 8 nitrogen and oxygen atoms in total. The summed E-state index contributed by atoms with van der Waals surface area (Å²) in [6.45, 7) is 8.18. The molecular formula is C16H27N3O5. The molecule has 136 valence electrons. The molecule has 0 fully saturated rings. The number of imide groups is 1. The van der Waals surface area contributed by atoms with Crippen LogP contribution in [0.5, 0.6) is 0 Å². The fourth-order valence-corrected chi connectivity index (χ4v) is 1.84. The summed E-state index contributed by atoms with van der Waals surface area (Å²) in [4.78, 5) is 45.6. The van der Waals surface area contributed by atoms with Crippen LogP contribution in [0, 0.1) is 0 Å². The van der Waals surface area contributed by atoms with E-state index < -0.39 is 17.9 Å². The fraction of sp³-hybridized carbons (Fsp3) is 0.625. The third-order valence-electron chi connectivity index (χ3n) is 3.19. The van der Waals surface area contributed by atoms with Crippen LogP contribution in [0.3, 0.4) is 0 Å². The van der Waals surface area contributed by atoms with E-state index in [0.29, 0.717) is 13.2 Å². The molecule has 0 bridgehead atoms. The van der Waals surface area contributed by atoms with Crippen LogP contribution >= 0.6 is 0 Å². The van der Waals surface area contributed by atoms with Gasteiger partial charge in [-0.05, 0) is 27.2 Å². The minimum absolute atomic E-state index is 0.0724. The topological polar surface area (TPSA) is 105 Å². The SMILES string of the molecule is CCCNC(=O)C(C)N1C(=O)C=CC1=O.CCOC(C)C(=O)NC. The van der Waals surface area contributed by atoms with Crippen LogP contribution in [0.15, 0.2) is 12.2 Å². The number of carbonyl (C=O) groups is 4. The predicted molar refractivity (Wildman–Crippen MR) is 88.9 cm³/mol. The van der Waals surface area contributed by atoms with E-state index in [4.69, 9.17) is 4.74 Å². The molecule has 1 rings (SSSR count). The largest absolute Gasteiger partial charge is 0.369 e. The van der Waals surface area contributed by atoms with Crippen molar-refractivity contribution in [1.82, 2.24) is 15.5 Å². The van der Waals surface area contributed by atoms with E-state index in [1.165, 1.54) is 19.1 Å². The van der Waals surface area contributed by atoms with Crippen molar-refractivity contribution in [2.45, 2.75) is 46.3 Å². The number of likely N-dealkylation sites (N-methyl/N-ethyl adjacent to an activating group) is 1. The molecule has 2 atom stereocenters.